The first kappa shape index (κ1) is 20.1. The standard InChI is InChI=1S/C22H17N5O4S/c23-14-6-5-13-15-16(19(21(29)30)32-18(14)15)17(24)20(28)22(13,25)10-1-3-11(4-2-10)31-12-7-26-9-27-8-12/h1-9,17H,23-25H2,(H,29,30). The molecule has 32 heavy (non-hydrogen) atoms. The van der Waals surface area contributed by atoms with E-state index in [4.69, 9.17) is 21.9 Å². The minimum atomic E-state index is -1.58. The van der Waals surface area contributed by atoms with Crippen LogP contribution in [0.4, 0.5) is 5.69 Å². The number of hydrogen-bond acceptors (Lipinski definition) is 9. The maximum atomic E-state index is 13.5. The zero-order chi connectivity index (χ0) is 22.6. The van der Waals surface area contributed by atoms with E-state index in [9.17, 15) is 14.7 Å². The lowest BCUT2D eigenvalue weighted by molar-refractivity contribution is -0.124. The number of nitrogens with zero attached hydrogens (tertiary/aromatic N) is 2. The molecule has 2 unspecified atom stereocenters. The summed E-state index contributed by atoms with van der Waals surface area (Å²) in [6.07, 6.45) is 4.45. The average Bonchev–Trinajstić information content (AvgIpc) is 3.20. The topological polar surface area (TPSA) is 167 Å². The summed E-state index contributed by atoms with van der Waals surface area (Å²) in [5.41, 5.74) is 19.2. The van der Waals surface area contributed by atoms with Crippen molar-refractivity contribution in [3.05, 3.63) is 76.7 Å². The van der Waals surface area contributed by atoms with E-state index in [-0.39, 0.29) is 10.4 Å². The van der Waals surface area contributed by atoms with Crippen LogP contribution in [0.25, 0.3) is 10.1 Å². The number of aromatic nitrogens is 2. The highest BCUT2D eigenvalue weighted by Gasteiger charge is 2.48. The second-order valence-electron chi connectivity index (χ2n) is 7.41. The quantitative estimate of drug-likeness (QED) is 0.344. The molecule has 0 saturated heterocycles. The van der Waals surface area contributed by atoms with Crippen molar-refractivity contribution in [3.63, 3.8) is 0 Å². The van der Waals surface area contributed by atoms with E-state index in [0.717, 1.165) is 11.3 Å². The minimum absolute atomic E-state index is 0.00382. The number of aromatic carboxylic acids is 1. The van der Waals surface area contributed by atoms with Crippen molar-refractivity contribution in [2.24, 2.45) is 11.5 Å². The molecule has 0 radical (unpaired) electrons. The Kier molecular flexibility index (Phi) is 4.45. The maximum absolute atomic E-state index is 13.5. The monoisotopic (exact) mass is 447 g/mol. The van der Waals surface area contributed by atoms with Crippen LogP contribution in [0, 0.1) is 0 Å². The first-order valence-corrected chi connectivity index (χ1v) is 10.3. The van der Waals surface area contributed by atoms with Gasteiger partial charge in [0.15, 0.2) is 11.5 Å². The van der Waals surface area contributed by atoms with Crippen LogP contribution in [0.1, 0.15) is 32.4 Å². The number of hydrogen-bond donors (Lipinski definition) is 4. The normalized spacial score (nSPS) is 19.8. The minimum Gasteiger partial charge on any atom is -0.477 e. The summed E-state index contributed by atoms with van der Waals surface area (Å²) in [6, 6.07) is 8.80. The number of thiophene rings is 1. The van der Waals surface area contributed by atoms with Gasteiger partial charge in [-0.3, -0.25) is 4.79 Å². The third kappa shape index (κ3) is 2.78. The molecule has 2 atom stereocenters. The largest absolute Gasteiger partial charge is 0.477 e. The lowest BCUT2D eigenvalue weighted by Gasteiger charge is -2.36. The fourth-order valence-corrected chi connectivity index (χ4v) is 5.24. The second-order valence-corrected chi connectivity index (χ2v) is 8.43. The van der Waals surface area contributed by atoms with Crippen LogP contribution in [0.2, 0.25) is 0 Å². The van der Waals surface area contributed by atoms with Crippen LogP contribution in [0.15, 0.2) is 55.1 Å². The summed E-state index contributed by atoms with van der Waals surface area (Å²) in [4.78, 5) is 33.1. The predicted octanol–water partition coefficient (Wildman–Crippen LogP) is 2.55. The smallest absolute Gasteiger partial charge is 0.346 e. The summed E-state index contributed by atoms with van der Waals surface area (Å²) < 4.78 is 6.26. The van der Waals surface area contributed by atoms with Crippen LogP contribution in [-0.2, 0) is 10.3 Å². The van der Waals surface area contributed by atoms with E-state index in [2.05, 4.69) is 9.97 Å². The lowest BCUT2D eigenvalue weighted by atomic mass is 9.70. The molecule has 160 valence electrons. The summed E-state index contributed by atoms with van der Waals surface area (Å²) >= 11 is 0.999. The number of carboxylic acids is 1. The number of Topliss-reactive ketones (excluding diaryl/α,β-unsaturated/α-hetero) is 1. The van der Waals surface area contributed by atoms with Crippen LogP contribution in [0.5, 0.6) is 11.5 Å². The molecule has 9 nitrogen and oxygen atoms in total. The Balaban J connectivity index is 1.66. The van der Waals surface area contributed by atoms with Crippen molar-refractivity contribution in [1.29, 1.82) is 0 Å². The van der Waals surface area contributed by atoms with Gasteiger partial charge in [-0.05, 0) is 29.3 Å². The molecule has 10 heteroatoms. The fourth-order valence-electron chi connectivity index (χ4n) is 4.10. The molecule has 2 heterocycles. The summed E-state index contributed by atoms with van der Waals surface area (Å²) in [7, 11) is 0. The summed E-state index contributed by atoms with van der Waals surface area (Å²) in [6.45, 7) is 0. The number of nitrogen functional groups attached to an aromatic ring is 1. The van der Waals surface area contributed by atoms with Gasteiger partial charge in [0.2, 0.25) is 0 Å². The van der Waals surface area contributed by atoms with Crippen LogP contribution >= 0.6 is 11.3 Å². The average molecular weight is 447 g/mol. The van der Waals surface area contributed by atoms with E-state index in [1.807, 2.05) is 0 Å². The Bertz CT molecular complexity index is 1390. The molecule has 7 N–H and O–H groups in total. The number of benzene rings is 2. The maximum Gasteiger partial charge on any atom is 0.346 e. The highest BCUT2D eigenvalue weighted by Crippen LogP contribution is 2.49. The van der Waals surface area contributed by atoms with Gasteiger partial charge >= 0.3 is 5.97 Å². The Morgan fingerprint density at radius 3 is 2.44 bits per heavy atom. The van der Waals surface area contributed by atoms with Gasteiger partial charge in [-0.2, -0.15) is 0 Å². The van der Waals surface area contributed by atoms with Gasteiger partial charge in [0.05, 0.1) is 23.1 Å². The van der Waals surface area contributed by atoms with Crippen molar-refractivity contribution in [1.82, 2.24) is 9.97 Å². The number of ketones is 1. The third-order valence-corrected chi connectivity index (χ3v) is 6.83. The van der Waals surface area contributed by atoms with Crippen molar-refractivity contribution in [2.45, 2.75) is 11.6 Å². The molecule has 0 fully saturated rings. The molecule has 0 bridgehead atoms. The summed E-state index contributed by atoms with van der Waals surface area (Å²) in [5, 5.41) is 10.2. The molecule has 1 aliphatic carbocycles. The van der Waals surface area contributed by atoms with Gasteiger partial charge < -0.3 is 27.0 Å². The van der Waals surface area contributed by atoms with E-state index in [1.165, 1.54) is 18.7 Å². The molecular formula is C22H17N5O4S. The Labute approximate surface area is 185 Å². The SMILES string of the molecule is Nc1ccc2c3c(c(C(=O)O)sc13)C(N)C(=O)C2(N)c1ccc(Oc2cncnc2)cc1. The number of carbonyl (C=O) groups is 2. The zero-order valence-electron chi connectivity index (χ0n) is 16.5. The van der Waals surface area contributed by atoms with Crippen LogP contribution < -0.4 is 21.9 Å². The van der Waals surface area contributed by atoms with Crippen molar-refractivity contribution >= 4 is 38.9 Å². The molecule has 2 aromatic carbocycles. The molecule has 2 aromatic heterocycles. The van der Waals surface area contributed by atoms with Gasteiger partial charge in [-0.15, -0.1) is 11.3 Å². The highest BCUT2D eigenvalue weighted by molar-refractivity contribution is 7.21. The highest BCUT2D eigenvalue weighted by atomic mass is 32.1. The van der Waals surface area contributed by atoms with E-state index in [0.29, 0.717) is 38.4 Å². The zero-order valence-corrected chi connectivity index (χ0v) is 17.3. The number of rotatable bonds is 4. The number of carboxylic acid groups (broad SMARTS) is 1. The first-order valence-electron chi connectivity index (χ1n) is 9.53. The lowest BCUT2D eigenvalue weighted by Crippen LogP contribution is -2.52. The molecule has 0 amide bonds. The van der Waals surface area contributed by atoms with Gasteiger partial charge in [0.1, 0.15) is 22.5 Å². The van der Waals surface area contributed by atoms with Gasteiger partial charge in [0, 0.05) is 16.6 Å². The molecule has 0 saturated carbocycles. The molecule has 5 rings (SSSR count). The number of ether oxygens (including phenoxy) is 1. The van der Waals surface area contributed by atoms with Crippen LogP contribution in [-0.4, -0.2) is 26.8 Å². The number of anilines is 1. The van der Waals surface area contributed by atoms with E-state index < -0.39 is 23.3 Å². The van der Waals surface area contributed by atoms with Crippen molar-refractivity contribution < 1.29 is 19.4 Å². The molecule has 0 spiro atoms. The molecule has 1 aliphatic rings. The predicted molar refractivity (Wildman–Crippen MR) is 119 cm³/mol. The Morgan fingerprint density at radius 2 is 1.78 bits per heavy atom. The van der Waals surface area contributed by atoms with Gasteiger partial charge in [-0.1, -0.05) is 18.2 Å². The second kappa shape index (κ2) is 7.09. The molecule has 0 aliphatic heterocycles. The summed E-state index contributed by atoms with van der Waals surface area (Å²) in [5.74, 6) is -0.692. The van der Waals surface area contributed by atoms with Crippen molar-refractivity contribution in [3.8, 4) is 11.5 Å². The van der Waals surface area contributed by atoms with E-state index >= 15 is 0 Å². The fraction of sp³-hybridized carbons (Fsp3) is 0.0909. The first-order chi connectivity index (χ1) is 15.3. The van der Waals surface area contributed by atoms with E-state index in [1.54, 1.807) is 36.4 Å². The molecular weight excluding hydrogens is 430 g/mol. The van der Waals surface area contributed by atoms with Crippen LogP contribution in [0.3, 0.4) is 0 Å². The molecule has 4 aromatic rings. The Hall–Kier alpha value is -3.86. The number of carbonyl (C=O) groups excluding carboxylic acids is 1. The Morgan fingerprint density at radius 1 is 1.09 bits per heavy atom. The van der Waals surface area contributed by atoms with Crippen molar-refractivity contribution in [2.75, 3.05) is 5.73 Å². The van der Waals surface area contributed by atoms with Gasteiger partial charge in [0.25, 0.3) is 0 Å². The van der Waals surface area contributed by atoms with Gasteiger partial charge in [-0.25, -0.2) is 14.8 Å². The third-order valence-electron chi connectivity index (χ3n) is 5.59. The number of nitrogens with two attached hydrogens (primary N) is 3.